The van der Waals surface area contributed by atoms with Gasteiger partial charge in [0.2, 0.25) is 5.91 Å². The highest BCUT2D eigenvalue weighted by atomic mass is 35.5. The Bertz CT molecular complexity index is 616. The van der Waals surface area contributed by atoms with Gasteiger partial charge in [-0.1, -0.05) is 17.7 Å². The maximum Gasteiger partial charge on any atom is 0.330 e. The minimum Gasteiger partial charge on any atom is -0.479 e. The molecular weight excluding hydrogens is 335 g/mol. The van der Waals surface area contributed by atoms with E-state index in [4.69, 9.17) is 11.6 Å². The number of aliphatic carboxylic acids is 1. The molecule has 7 heteroatoms. The molecule has 2 N–H and O–H groups in total. The Kier molecular flexibility index (Phi) is 6.18. The van der Waals surface area contributed by atoms with Gasteiger partial charge >= 0.3 is 5.97 Å². The molecule has 5 nitrogen and oxygen atoms in total. The minimum atomic E-state index is -1.24. The molecule has 0 aromatic heterocycles. The Morgan fingerprint density at radius 3 is 2.46 bits per heavy atom. The largest absolute Gasteiger partial charge is 0.479 e. The second kappa shape index (κ2) is 7.94. The molecule has 0 aliphatic carbocycles. The average Bonchev–Trinajstić information content (AvgIpc) is 2.55. The third kappa shape index (κ3) is 4.45. The van der Waals surface area contributed by atoms with E-state index in [0.717, 1.165) is 19.2 Å². The van der Waals surface area contributed by atoms with Crippen LogP contribution in [-0.2, 0) is 9.59 Å². The van der Waals surface area contributed by atoms with Crippen LogP contribution in [0.4, 0.5) is 4.39 Å². The summed E-state index contributed by atoms with van der Waals surface area (Å²) in [5, 5.41) is 11.8. The predicted molar refractivity (Wildman–Crippen MR) is 89.4 cm³/mol. The number of nitrogens with one attached hydrogen (secondary N) is 1. The van der Waals surface area contributed by atoms with Crippen molar-refractivity contribution >= 4 is 23.5 Å². The van der Waals surface area contributed by atoms with E-state index >= 15 is 0 Å². The molecule has 0 saturated carbocycles. The van der Waals surface area contributed by atoms with Gasteiger partial charge in [0, 0.05) is 12.0 Å². The molecule has 24 heavy (non-hydrogen) atoms. The fourth-order valence-electron chi connectivity index (χ4n) is 2.92. The number of hydrogen-bond donors (Lipinski definition) is 2. The van der Waals surface area contributed by atoms with Crippen molar-refractivity contribution in [3.8, 4) is 0 Å². The van der Waals surface area contributed by atoms with Gasteiger partial charge in [0.05, 0.1) is 5.02 Å². The number of benzene rings is 1. The van der Waals surface area contributed by atoms with E-state index in [1.165, 1.54) is 12.1 Å². The van der Waals surface area contributed by atoms with Crippen LogP contribution in [0.2, 0.25) is 5.02 Å². The summed E-state index contributed by atoms with van der Waals surface area (Å²) in [6, 6.07) is 2.85. The molecule has 2 rings (SSSR count). The van der Waals surface area contributed by atoms with Gasteiger partial charge < -0.3 is 15.3 Å². The lowest BCUT2D eigenvalue weighted by Gasteiger charge is -2.34. The van der Waals surface area contributed by atoms with Crippen LogP contribution in [0.25, 0.3) is 0 Å². The molecule has 0 spiro atoms. The summed E-state index contributed by atoms with van der Waals surface area (Å²) in [4.78, 5) is 26.2. The van der Waals surface area contributed by atoms with Crippen molar-refractivity contribution in [2.75, 3.05) is 13.1 Å². The van der Waals surface area contributed by atoms with Crippen LogP contribution in [0, 0.1) is 11.7 Å². The zero-order valence-electron chi connectivity index (χ0n) is 13.8. The van der Waals surface area contributed by atoms with Gasteiger partial charge in [-0.15, -0.1) is 0 Å². The first-order chi connectivity index (χ1) is 11.3. The number of hydrogen-bond acceptors (Lipinski definition) is 3. The number of rotatable bonds is 5. The van der Waals surface area contributed by atoms with E-state index in [0.29, 0.717) is 18.9 Å². The SMILES string of the molecule is CC(C)N1CCC(C(=O)N[C@H](C(=O)O)c2ccc(F)c(Cl)c2)CC1. The van der Waals surface area contributed by atoms with E-state index in [1.807, 2.05) is 0 Å². The number of carbonyl (C=O) groups is 2. The van der Waals surface area contributed by atoms with Crippen LogP contribution >= 0.6 is 11.6 Å². The lowest BCUT2D eigenvalue weighted by molar-refractivity contribution is -0.143. The molecule has 1 heterocycles. The maximum absolute atomic E-state index is 13.2. The molecule has 1 aliphatic rings. The number of carboxylic acids is 1. The van der Waals surface area contributed by atoms with Crippen LogP contribution < -0.4 is 5.32 Å². The zero-order chi connectivity index (χ0) is 17.9. The van der Waals surface area contributed by atoms with Crippen molar-refractivity contribution < 1.29 is 19.1 Å². The summed E-state index contributed by atoms with van der Waals surface area (Å²) < 4.78 is 13.2. The van der Waals surface area contributed by atoms with Gasteiger partial charge in [0.25, 0.3) is 0 Å². The number of piperidine rings is 1. The maximum atomic E-state index is 13.2. The predicted octanol–water partition coefficient (Wildman–Crippen LogP) is 2.84. The van der Waals surface area contributed by atoms with Gasteiger partial charge in [-0.25, -0.2) is 9.18 Å². The Morgan fingerprint density at radius 1 is 1.33 bits per heavy atom. The lowest BCUT2D eigenvalue weighted by atomic mass is 9.94. The lowest BCUT2D eigenvalue weighted by Crippen LogP contribution is -2.44. The van der Waals surface area contributed by atoms with Crippen molar-refractivity contribution in [1.82, 2.24) is 10.2 Å². The summed E-state index contributed by atoms with van der Waals surface area (Å²) >= 11 is 5.71. The summed E-state index contributed by atoms with van der Waals surface area (Å²) in [5.74, 6) is -2.33. The highest BCUT2D eigenvalue weighted by Gasteiger charge is 2.30. The fraction of sp³-hybridized carbons (Fsp3) is 0.529. The third-order valence-electron chi connectivity index (χ3n) is 4.44. The monoisotopic (exact) mass is 356 g/mol. The third-order valence-corrected chi connectivity index (χ3v) is 4.73. The van der Waals surface area contributed by atoms with E-state index < -0.39 is 17.8 Å². The molecule has 1 aliphatic heterocycles. The summed E-state index contributed by atoms with van der Waals surface area (Å²) in [6.45, 7) is 5.85. The van der Waals surface area contributed by atoms with Gasteiger partial charge in [-0.3, -0.25) is 4.79 Å². The van der Waals surface area contributed by atoms with Crippen molar-refractivity contribution in [3.05, 3.63) is 34.6 Å². The second-order valence-electron chi connectivity index (χ2n) is 6.36. The molecule has 132 valence electrons. The van der Waals surface area contributed by atoms with Crippen LogP contribution in [0.5, 0.6) is 0 Å². The van der Waals surface area contributed by atoms with Crippen molar-refractivity contribution in [2.24, 2.45) is 5.92 Å². The second-order valence-corrected chi connectivity index (χ2v) is 6.76. The van der Waals surface area contributed by atoms with E-state index in [1.54, 1.807) is 0 Å². The fourth-order valence-corrected chi connectivity index (χ4v) is 3.11. The van der Waals surface area contributed by atoms with E-state index in [-0.39, 0.29) is 22.4 Å². The molecule has 1 fully saturated rings. The van der Waals surface area contributed by atoms with Crippen LogP contribution in [0.15, 0.2) is 18.2 Å². The first kappa shape index (κ1) is 18.7. The quantitative estimate of drug-likeness (QED) is 0.851. The number of halogens is 2. The number of carboxylic acid groups (broad SMARTS) is 1. The van der Waals surface area contributed by atoms with Crippen LogP contribution in [0.3, 0.4) is 0 Å². The molecule has 1 atom stereocenters. The van der Waals surface area contributed by atoms with Gasteiger partial charge in [0.15, 0.2) is 6.04 Å². The Morgan fingerprint density at radius 2 is 1.96 bits per heavy atom. The number of nitrogens with zero attached hydrogens (tertiary/aromatic N) is 1. The van der Waals surface area contributed by atoms with Gasteiger partial charge in [0.1, 0.15) is 5.82 Å². The number of amides is 1. The molecule has 0 bridgehead atoms. The van der Waals surface area contributed by atoms with Gasteiger partial charge in [-0.2, -0.15) is 0 Å². The Labute approximate surface area is 145 Å². The zero-order valence-corrected chi connectivity index (χ0v) is 14.5. The molecular formula is C17H22ClFN2O3. The van der Waals surface area contributed by atoms with Crippen molar-refractivity contribution in [2.45, 2.75) is 38.8 Å². The molecule has 0 radical (unpaired) electrons. The molecule has 1 aromatic carbocycles. The molecule has 0 unspecified atom stereocenters. The topological polar surface area (TPSA) is 69.6 Å². The molecule has 1 aromatic rings. The van der Waals surface area contributed by atoms with Crippen LogP contribution in [0.1, 0.15) is 38.3 Å². The number of likely N-dealkylation sites (tertiary alicyclic amines) is 1. The smallest absolute Gasteiger partial charge is 0.330 e. The number of carbonyl (C=O) groups excluding carboxylic acids is 1. The first-order valence-electron chi connectivity index (χ1n) is 8.01. The van der Waals surface area contributed by atoms with E-state index in [9.17, 15) is 19.1 Å². The highest BCUT2D eigenvalue weighted by Crippen LogP contribution is 2.24. The molecule has 1 saturated heterocycles. The Balaban J connectivity index is 2.04. The molecule has 1 amide bonds. The van der Waals surface area contributed by atoms with E-state index in [2.05, 4.69) is 24.1 Å². The van der Waals surface area contributed by atoms with Gasteiger partial charge in [-0.05, 0) is 57.5 Å². The summed E-state index contributed by atoms with van der Waals surface area (Å²) in [6.07, 6.45) is 1.39. The van der Waals surface area contributed by atoms with Crippen molar-refractivity contribution in [1.29, 1.82) is 0 Å². The standard InChI is InChI=1S/C17H22ClFN2O3/c1-10(2)21-7-5-11(6-8-21)16(22)20-15(17(23)24)12-3-4-14(19)13(18)9-12/h3-4,9-11,15H,5-8H2,1-2H3,(H,20,22)(H,23,24)/t15-/m0/s1. The average molecular weight is 357 g/mol. The Hall–Kier alpha value is -1.66. The van der Waals surface area contributed by atoms with Crippen molar-refractivity contribution in [3.63, 3.8) is 0 Å². The summed E-state index contributed by atoms with van der Waals surface area (Å²) in [7, 11) is 0. The normalized spacial score (nSPS) is 17.7. The minimum absolute atomic E-state index is 0.168. The first-order valence-corrected chi connectivity index (χ1v) is 8.39. The highest BCUT2D eigenvalue weighted by molar-refractivity contribution is 6.30. The summed E-state index contributed by atoms with van der Waals surface area (Å²) in [5.41, 5.74) is 0.252. The van der Waals surface area contributed by atoms with Crippen LogP contribution in [-0.4, -0.2) is 41.0 Å².